The van der Waals surface area contributed by atoms with Gasteiger partial charge in [-0.2, -0.15) is 0 Å². The number of aromatic nitrogens is 1. The van der Waals surface area contributed by atoms with E-state index in [1.165, 1.54) is 6.39 Å². The lowest BCUT2D eigenvalue weighted by Crippen LogP contribution is -2.38. The number of oxazole rings is 1. The monoisotopic (exact) mass is 365 g/mol. The van der Waals surface area contributed by atoms with Gasteiger partial charge in [0.1, 0.15) is 5.60 Å². The molecule has 7 nitrogen and oxygen atoms in total. The van der Waals surface area contributed by atoms with Gasteiger partial charge in [-0.3, -0.25) is 4.79 Å². The summed E-state index contributed by atoms with van der Waals surface area (Å²) in [6.45, 7) is 5.77. The molecule has 134 valence electrons. The number of hydrogen-bond acceptors (Lipinski definition) is 5. The predicted octanol–water partition coefficient (Wildman–Crippen LogP) is 3.25. The molecule has 0 radical (unpaired) electrons. The van der Waals surface area contributed by atoms with Crippen molar-refractivity contribution < 1.29 is 18.7 Å². The second-order valence-corrected chi connectivity index (χ2v) is 6.66. The molecule has 0 saturated heterocycles. The number of benzene rings is 1. The molecule has 1 aromatic heterocycles. The molecule has 0 aliphatic rings. The van der Waals surface area contributed by atoms with Crippen LogP contribution >= 0.6 is 11.6 Å². The molecule has 2 aromatic rings. The number of rotatable bonds is 5. The topological polar surface area (TPSA) is 93.5 Å². The van der Waals surface area contributed by atoms with Gasteiger partial charge in [-0.25, -0.2) is 9.78 Å². The van der Waals surface area contributed by atoms with Gasteiger partial charge in [0.25, 0.3) is 5.91 Å². The summed E-state index contributed by atoms with van der Waals surface area (Å²) in [6, 6.07) is 6.94. The van der Waals surface area contributed by atoms with Crippen LogP contribution in [0.5, 0.6) is 0 Å². The number of ether oxygens (including phenoxy) is 1. The highest BCUT2D eigenvalue weighted by Gasteiger charge is 2.19. The molecule has 0 saturated carbocycles. The Morgan fingerprint density at radius 2 is 1.96 bits per heavy atom. The van der Waals surface area contributed by atoms with Crippen LogP contribution in [0.1, 0.15) is 31.3 Å². The summed E-state index contributed by atoms with van der Waals surface area (Å²) in [5.41, 5.74) is 0.237. The molecule has 1 aromatic carbocycles. The van der Waals surface area contributed by atoms with Crippen molar-refractivity contribution in [1.29, 1.82) is 0 Å². The molecule has 1 heterocycles. The van der Waals surface area contributed by atoms with Gasteiger partial charge in [0.2, 0.25) is 0 Å². The number of nitrogens with one attached hydrogen (secondary N) is 2. The molecule has 0 aliphatic heterocycles. The lowest BCUT2D eigenvalue weighted by molar-refractivity contribution is 0.0526. The Morgan fingerprint density at radius 1 is 1.24 bits per heavy atom. The highest BCUT2D eigenvalue weighted by molar-refractivity contribution is 6.30. The van der Waals surface area contributed by atoms with Gasteiger partial charge in [0, 0.05) is 23.7 Å². The molecule has 0 aliphatic carbocycles. The number of hydrogen-bond donors (Lipinski definition) is 2. The first-order valence-electron chi connectivity index (χ1n) is 7.71. The van der Waals surface area contributed by atoms with Crippen LogP contribution in [0.15, 0.2) is 35.1 Å². The minimum atomic E-state index is -0.570. The maximum absolute atomic E-state index is 12.2. The summed E-state index contributed by atoms with van der Waals surface area (Å²) in [5, 5.41) is 5.75. The summed E-state index contributed by atoms with van der Waals surface area (Å²) < 4.78 is 10.4. The molecule has 2 N–H and O–H groups in total. The number of halogens is 1. The van der Waals surface area contributed by atoms with Crippen LogP contribution in [-0.2, 0) is 4.74 Å². The van der Waals surface area contributed by atoms with Crippen molar-refractivity contribution in [3.63, 3.8) is 0 Å². The second-order valence-electron chi connectivity index (χ2n) is 6.23. The zero-order valence-electron chi connectivity index (χ0n) is 14.3. The van der Waals surface area contributed by atoms with E-state index in [-0.39, 0.29) is 18.8 Å². The Balaban J connectivity index is 1.88. The van der Waals surface area contributed by atoms with Gasteiger partial charge in [-0.1, -0.05) is 23.7 Å². The summed E-state index contributed by atoms with van der Waals surface area (Å²) >= 11 is 5.96. The van der Waals surface area contributed by atoms with Gasteiger partial charge in [0.15, 0.2) is 17.8 Å². The fraction of sp³-hybridized carbons (Fsp3) is 0.353. The highest BCUT2D eigenvalue weighted by Crippen LogP contribution is 2.25. The van der Waals surface area contributed by atoms with Gasteiger partial charge in [-0.15, -0.1) is 0 Å². The van der Waals surface area contributed by atoms with Crippen molar-refractivity contribution in [3.8, 4) is 11.3 Å². The smallest absolute Gasteiger partial charge is 0.407 e. The first-order chi connectivity index (χ1) is 11.8. The van der Waals surface area contributed by atoms with Crippen molar-refractivity contribution in [2.24, 2.45) is 0 Å². The summed E-state index contributed by atoms with van der Waals surface area (Å²) in [7, 11) is 0. The lowest BCUT2D eigenvalue weighted by Gasteiger charge is -2.19. The van der Waals surface area contributed by atoms with Crippen molar-refractivity contribution in [2.75, 3.05) is 13.1 Å². The fourth-order valence-corrected chi connectivity index (χ4v) is 2.17. The molecular formula is C17H20ClN3O4. The van der Waals surface area contributed by atoms with Gasteiger partial charge < -0.3 is 19.8 Å². The summed E-state index contributed by atoms with van der Waals surface area (Å²) in [6.07, 6.45) is 0.659. The largest absolute Gasteiger partial charge is 0.444 e. The third-order valence-corrected chi connectivity index (χ3v) is 3.18. The SMILES string of the molecule is CC(C)(C)OC(=O)NCCNC(=O)c1ncoc1-c1cccc(Cl)c1. The van der Waals surface area contributed by atoms with Crippen LogP contribution in [-0.4, -0.2) is 35.7 Å². The minimum Gasteiger partial charge on any atom is -0.444 e. The fourth-order valence-electron chi connectivity index (χ4n) is 1.98. The molecule has 0 atom stereocenters. The van der Waals surface area contributed by atoms with E-state index < -0.39 is 17.6 Å². The van der Waals surface area contributed by atoms with Crippen molar-refractivity contribution >= 4 is 23.6 Å². The van der Waals surface area contributed by atoms with Crippen LogP contribution in [0.25, 0.3) is 11.3 Å². The lowest BCUT2D eigenvalue weighted by atomic mass is 10.1. The van der Waals surface area contributed by atoms with E-state index in [1.807, 2.05) is 0 Å². The number of carbonyl (C=O) groups is 2. The van der Waals surface area contributed by atoms with Crippen LogP contribution in [0, 0.1) is 0 Å². The number of carbonyl (C=O) groups excluding carboxylic acids is 2. The van der Waals surface area contributed by atoms with Crippen LogP contribution in [0.3, 0.4) is 0 Å². The van der Waals surface area contributed by atoms with E-state index in [2.05, 4.69) is 15.6 Å². The standard InChI is InChI=1S/C17H20ClN3O4/c1-17(2,3)25-16(23)20-8-7-19-15(22)13-14(24-10-21-13)11-5-4-6-12(18)9-11/h4-6,9-10H,7-8H2,1-3H3,(H,19,22)(H,20,23). The average molecular weight is 366 g/mol. The Kier molecular flexibility index (Phi) is 6.03. The van der Waals surface area contributed by atoms with E-state index in [1.54, 1.807) is 45.0 Å². The molecule has 8 heteroatoms. The second kappa shape index (κ2) is 8.02. The molecule has 25 heavy (non-hydrogen) atoms. The molecule has 0 spiro atoms. The van der Waals surface area contributed by atoms with Crippen LogP contribution in [0.2, 0.25) is 5.02 Å². The van der Waals surface area contributed by atoms with E-state index in [9.17, 15) is 9.59 Å². The third kappa shape index (κ3) is 5.79. The third-order valence-electron chi connectivity index (χ3n) is 2.95. The Labute approximate surface area is 150 Å². The van der Waals surface area contributed by atoms with Crippen molar-refractivity contribution in [3.05, 3.63) is 41.4 Å². The Hall–Kier alpha value is -2.54. The van der Waals surface area contributed by atoms with Crippen LogP contribution in [0.4, 0.5) is 4.79 Å². The van der Waals surface area contributed by atoms with Gasteiger partial charge in [-0.05, 0) is 32.9 Å². The van der Waals surface area contributed by atoms with E-state index in [4.69, 9.17) is 20.8 Å². The van der Waals surface area contributed by atoms with Gasteiger partial charge in [0.05, 0.1) is 0 Å². The quantitative estimate of drug-likeness (QED) is 0.793. The average Bonchev–Trinajstić information content (AvgIpc) is 2.99. The number of nitrogens with zero attached hydrogens (tertiary/aromatic N) is 1. The van der Waals surface area contributed by atoms with E-state index in [0.29, 0.717) is 16.3 Å². The maximum Gasteiger partial charge on any atom is 0.407 e. The number of alkyl carbamates (subject to hydrolysis) is 1. The molecule has 0 unspecified atom stereocenters. The Morgan fingerprint density at radius 3 is 2.64 bits per heavy atom. The normalized spacial score (nSPS) is 11.0. The number of amides is 2. The van der Waals surface area contributed by atoms with Crippen molar-refractivity contribution in [2.45, 2.75) is 26.4 Å². The summed E-state index contributed by atoms with van der Waals surface area (Å²) in [4.78, 5) is 27.7. The van der Waals surface area contributed by atoms with Gasteiger partial charge >= 0.3 is 6.09 Å². The predicted molar refractivity (Wildman–Crippen MR) is 93.5 cm³/mol. The molecule has 2 amide bonds. The molecule has 0 fully saturated rings. The van der Waals surface area contributed by atoms with E-state index >= 15 is 0 Å². The zero-order valence-corrected chi connectivity index (χ0v) is 15.0. The Bertz CT molecular complexity index is 752. The zero-order chi connectivity index (χ0) is 18.4. The summed E-state index contributed by atoms with van der Waals surface area (Å²) in [5.74, 6) is -0.0742. The highest BCUT2D eigenvalue weighted by atomic mass is 35.5. The minimum absolute atomic E-state index is 0.152. The first kappa shape index (κ1) is 18.8. The maximum atomic E-state index is 12.2. The first-order valence-corrected chi connectivity index (χ1v) is 8.08. The molecule has 2 rings (SSSR count). The van der Waals surface area contributed by atoms with E-state index in [0.717, 1.165) is 0 Å². The molecular weight excluding hydrogens is 346 g/mol. The van der Waals surface area contributed by atoms with Crippen molar-refractivity contribution in [1.82, 2.24) is 15.6 Å². The molecule has 0 bridgehead atoms. The van der Waals surface area contributed by atoms with Crippen LogP contribution < -0.4 is 10.6 Å².